The van der Waals surface area contributed by atoms with Crippen molar-refractivity contribution in [2.75, 3.05) is 6.66 Å². The van der Waals surface area contributed by atoms with Crippen LogP contribution in [-0.4, -0.2) is 6.66 Å². The number of hydrogen-bond acceptors (Lipinski definition) is 1. The lowest BCUT2D eigenvalue weighted by Crippen LogP contribution is -2.03. The highest BCUT2D eigenvalue weighted by atomic mass is 31.1. The summed E-state index contributed by atoms with van der Waals surface area (Å²) in [4.78, 5) is 0. The Morgan fingerprint density at radius 1 is 1.55 bits per heavy atom. The molecule has 0 saturated carbocycles. The average Bonchev–Trinajstić information content (AvgIpc) is 2.04. The molecule has 0 amide bonds. The van der Waals surface area contributed by atoms with E-state index in [1.54, 1.807) is 12.1 Å². The standard InChI is InChI=1S/C8H11FNP/c1-11-7-3-2-6(5-10)8(9)4-7/h2-4,11H,5,10H2,1H3. The zero-order valence-corrected chi connectivity index (χ0v) is 7.39. The normalized spacial score (nSPS) is 11.2. The van der Waals surface area contributed by atoms with E-state index in [4.69, 9.17) is 5.73 Å². The predicted molar refractivity (Wildman–Crippen MR) is 48.2 cm³/mol. The number of benzene rings is 1. The molecule has 11 heavy (non-hydrogen) atoms. The number of rotatable bonds is 2. The molecule has 60 valence electrons. The van der Waals surface area contributed by atoms with E-state index in [-0.39, 0.29) is 12.4 Å². The minimum Gasteiger partial charge on any atom is -0.326 e. The lowest BCUT2D eigenvalue weighted by molar-refractivity contribution is 0.612. The lowest BCUT2D eigenvalue weighted by Gasteiger charge is -2.01. The van der Waals surface area contributed by atoms with Gasteiger partial charge in [0, 0.05) is 12.1 Å². The van der Waals surface area contributed by atoms with Gasteiger partial charge in [-0.15, -0.1) is 0 Å². The molecule has 0 aliphatic heterocycles. The average molecular weight is 171 g/mol. The van der Waals surface area contributed by atoms with Crippen molar-refractivity contribution >= 4 is 13.9 Å². The number of nitrogens with two attached hydrogens (primary N) is 1. The maximum atomic E-state index is 13.0. The van der Waals surface area contributed by atoms with Crippen molar-refractivity contribution in [3.05, 3.63) is 29.6 Å². The Kier molecular flexibility index (Phi) is 2.98. The van der Waals surface area contributed by atoms with Crippen molar-refractivity contribution in [1.29, 1.82) is 0 Å². The zero-order valence-electron chi connectivity index (χ0n) is 6.39. The Morgan fingerprint density at radius 2 is 2.27 bits per heavy atom. The van der Waals surface area contributed by atoms with Crippen LogP contribution in [0.4, 0.5) is 4.39 Å². The van der Waals surface area contributed by atoms with E-state index in [0.717, 1.165) is 5.30 Å². The first-order valence-electron chi connectivity index (χ1n) is 3.44. The highest BCUT2D eigenvalue weighted by Crippen LogP contribution is 2.09. The quantitative estimate of drug-likeness (QED) is 0.665. The van der Waals surface area contributed by atoms with Gasteiger partial charge in [-0.1, -0.05) is 20.7 Å². The monoisotopic (exact) mass is 171 g/mol. The molecule has 1 atom stereocenters. The molecule has 0 aliphatic carbocycles. The summed E-state index contributed by atoms with van der Waals surface area (Å²) < 4.78 is 13.0. The van der Waals surface area contributed by atoms with Crippen LogP contribution in [0.1, 0.15) is 5.56 Å². The Balaban J connectivity index is 2.99. The van der Waals surface area contributed by atoms with Gasteiger partial charge in [0.25, 0.3) is 0 Å². The molecule has 1 unspecified atom stereocenters. The fourth-order valence-electron chi connectivity index (χ4n) is 0.868. The molecule has 0 aliphatic rings. The van der Waals surface area contributed by atoms with E-state index in [9.17, 15) is 4.39 Å². The van der Waals surface area contributed by atoms with Crippen molar-refractivity contribution in [2.45, 2.75) is 6.54 Å². The summed E-state index contributed by atoms with van der Waals surface area (Å²) in [5.41, 5.74) is 5.89. The van der Waals surface area contributed by atoms with Gasteiger partial charge in [0.1, 0.15) is 5.82 Å². The summed E-state index contributed by atoms with van der Waals surface area (Å²) in [6, 6.07) is 5.23. The summed E-state index contributed by atoms with van der Waals surface area (Å²) in [5, 5.41) is 1.04. The van der Waals surface area contributed by atoms with Crippen molar-refractivity contribution < 1.29 is 4.39 Å². The van der Waals surface area contributed by atoms with Crippen LogP contribution in [0.5, 0.6) is 0 Å². The van der Waals surface area contributed by atoms with E-state index in [2.05, 4.69) is 0 Å². The topological polar surface area (TPSA) is 26.0 Å². The molecule has 1 aromatic carbocycles. The smallest absolute Gasteiger partial charge is 0.128 e. The van der Waals surface area contributed by atoms with Gasteiger partial charge in [0.15, 0.2) is 0 Å². The zero-order chi connectivity index (χ0) is 8.27. The van der Waals surface area contributed by atoms with Gasteiger partial charge < -0.3 is 5.73 Å². The number of hydrogen-bond donors (Lipinski definition) is 1. The third-order valence-corrected chi connectivity index (χ3v) is 2.45. The first-order valence-corrected chi connectivity index (χ1v) is 4.94. The fraction of sp³-hybridized carbons (Fsp3) is 0.250. The summed E-state index contributed by atoms with van der Waals surface area (Å²) in [6.45, 7) is 2.30. The first-order chi connectivity index (χ1) is 5.27. The van der Waals surface area contributed by atoms with Crippen LogP contribution >= 0.6 is 8.58 Å². The largest absolute Gasteiger partial charge is 0.326 e. The molecular weight excluding hydrogens is 160 g/mol. The van der Waals surface area contributed by atoms with Crippen LogP contribution in [0.15, 0.2) is 18.2 Å². The second-order valence-electron chi connectivity index (χ2n) is 2.26. The van der Waals surface area contributed by atoms with Crippen LogP contribution in [0.3, 0.4) is 0 Å². The highest BCUT2D eigenvalue weighted by molar-refractivity contribution is 7.46. The summed E-state index contributed by atoms with van der Waals surface area (Å²) in [7, 11) is 0.643. The van der Waals surface area contributed by atoms with Gasteiger partial charge in [-0.05, 0) is 18.0 Å². The molecule has 0 fully saturated rings. The molecule has 1 nitrogen and oxygen atoms in total. The van der Waals surface area contributed by atoms with E-state index in [0.29, 0.717) is 14.1 Å². The molecule has 1 aromatic rings. The van der Waals surface area contributed by atoms with E-state index in [1.165, 1.54) is 0 Å². The lowest BCUT2D eigenvalue weighted by atomic mass is 10.2. The van der Waals surface area contributed by atoms with Gasteiger partial charge in [0.2, 0.25) is 0 Å². The molecule has 0 heterocycles. The van der Waals surface area contributed by atoms with Gasteiger partial charge in [-0.2, -0.15) is 0 Å². The highest BCUT2D eigenvalue weighted by Gasteiger charge is 1.99. The second-order valence-corrected chi connectivity index (χ2v) is 3.34. The van der Waals surface area contributed by atoms with Gasteiger partial charge in [-0.3, -0.25) is 0 Å². The first kappa shape index (κ1) is 8.63. The fourth-order valence-corrected chi connectivity index (χ4v) is 1.39. The Morgan fingerprint density at radius 3 is 2.73 bits per heavy atom. The molecule has 1 rings (SSSR count). The molecule has 0 radical (unpaired) electrons. The van der Waals surface area contributed by atoms with Crippen LogP contribution in [0.2, 0.25) is 0 Å². The van der Waals surface area contributed by atoms with E-state index >= 15 is 0 Å². The Bertz CT molecular complexity index is 250. The van der Waals surface area contributed by atoms with Crippen molar-refractivity contribution in [2.24, 2.45) is 5.73 Å². The maximum absolute atomic E-state index is 13.0. The maximum Gasteiger partial charge on any atom is 0.128 e. The third kappa shape index (κ3) is 1.98. The molecular formula is C8H11FNP. The minimum atomic E-state index is -0.181. The minimum absolute atomic E-state index is 0.181. The molecule has 0 spiro atoms. The van der Waals surface area contributed by atoms with E-state index in [1.807, 2.05) is 12.7 Å². The second kappa shape index (κ2) is 3.80. The van der Waals surface area contributed by atoms with Crippen molar-refractivity contribution in [3.63, 3.8) is 0 Å². The van der Waals surface area contributed by atoms with Gasteiger partial charge in [-0.25, -0.2) is 4.39 Å². The molecule has 0 saturated heterocycles. The summed E-state index contributed by atoms with van der Waals surface area (Å²) >= 11 is 0. The molecule has 2 N–H and O–H groups in total. The van der Waals surface area contributed by atoms with Gasteiger partial charge in [0.05, 0.1) is 0 Å². The summed E-state index contributed by atoms with van der Waals surface area (Å²) in [5.74, 6) is -0.181. The predicted octanol–water partition coefficient (Wildman–Crippen LogP) is 1.22. The van der Waals surface area contributed by atoms with Crippen LogP contribution in [0, 0.1) is 5.82 Å². The molecule has 0 bridgehead atoms. The van der Waals surface area contributed by atoms with Crippen LogP contribution in [0.25, 0.3) is 0 Å². The van der Waals surface area contributed by atoms with Crippen LogP contribution in [-0.2, 0) is 6.54 Å². The van der Waals surface area contributed by atoms with Crippen LogP contribution < -0.4 is 11.0 Å². The molecule has 3 heteroatoms. The Labute approximate surface area is 67.6 Å². The Hall–Kier alpha value is -0.460. The third-order valence-electron chi connectivity index (χ3n) is 1.56. The van der Waals surface area contributed by atoms with E-state index < -0.39 is 0 Å². The van der Waals surface area contributed by atoms with Gasteiger partial charge >= 0.3 is 0 Å². The van der Waals surface area contributed by atoms with Crippen molar-refractivity contribution in [1.82, 2.24) is 0 Å². The molecule has 0 aromatic heterocycles. The SMILES string of the molecule is CPc1ccc(CN)c(F)c1. The number of halogens is 1. The summed E-state index contributed by atoms with van der Waals surface area (Å²) in [6.07, 6.45) is 0. The van der Waals surface area contributed by atoms with Crippen molar-refractivity contribution in [3.8, 4) is 0 Å².